The van der Waals surface area contributed by atoms with Crippen LogP contribution in [0.4, 0.5) is 9.59 Å². The number of amides is 2. The van der Waals surface area contributed by atoms with Gasteiger partial charge in [0.05, 0.1) is 31.3 Å². The summed E-state index contributed by atoms with van der Waals surface area (Å²) in [7, 11) is -2.77. The third-order valence-corrected chi connectivity index (χ3v) is 11.2. The van der Waals surface area contributed by atoms with Crippen molar-refractivity contribution in [1.82, 2.24) is 14.5 Å². The van der Waals surface area contributed by atoms with Crippen LogP contribution in [0.25, 0.3) is 0 Å². The predicted molar refractivity (Wildman–Crippen MR) is 182 cm³/mol. The van der Waals surface area contributed by atoms with Gasteiger partial charge in [-0.05, 0) is 48.8 Å². The Balaban J connectivity index is 1.37. The molecule has 0 spiro atoms. The van der Waals surface area contributed by atoms with Crippen LogP contribution in [0.2, 0.25) is 0 Å². The van der Waals surface area contributed by atoms with Crippen LogP contribution in [0.1, 0.15) is 45.1 Å². The minimum absolute atomic E-state index is 0.0245. The third-order valence-electron chi connectivity index (χ3n) is 9.38. The van der Waals surface area contributed by atoms with Crippen LogP contribution in [-0.2, 0) is 30.7 Å². The summed E-state index contributed by atoms with van der Waals surface area (Å²) in [4.78, 5) is 25.6. The molecule has 2 saturated heterocycles. The van der Waals surface area contributed by atoms with E-state index in [0.717, 1.165) is 5.56 Å². The molecule has 0 bridgehead atoms. The topological polar surface area (TPSA) is 173 Å². The van der Waals surface area contributed by atoms with E-state index in [1.165, 1.54) is 22.3 Å². The number of carbonyl (C=O) groups is 2. The van der Waals surface area contributed by atoms with Crippen molar-refractivity contribution in [1.29, 1.82) is 0 Å². The molecular formula is C35H49N3O11S. The van der Waals surface area contributed by atoms with Gasteiger partial charge in [-0.15, -0.1) is 0 Å². The Bertz CT molecular complexity index is 1560. The summed E-state index contributed by atoms with van der Waals surface area (Å²) in [5, 5.41) is 23.8. The zero-order valence-electron chi connectivity index (χ0n) is 28.9. The molecule has 50 heavy (non-hydrogen) atoms. The molecule has 5 atom stereocenters. The summed E-state index contributed by atoms with van der Waals surface area (Å²) < 4.78 is 58.6. The summed E-state index contributed by atoms with van der Waals surface area (Å²) in [6.45, 7) is 5.09. The Morgan fingerprint density at radius 2 is 1.80 bits per heavy atom. The molecule has 5 rings (SSSR count). The molecular weight excluding hydrogens is 670 g/mol. The second-order valence-electron chi connectivity index (χ2n) is 13.9. The molecule has 3 aliphatic rings. The first-order valence-corrected chi connectivity index (χ1v) is 18.5. The number of ether oxygens (including phenoxy) is 5. The number of unbranched alkanes of at least 4 members (excludes halogenated alkanes) is 1. The number of carbonyl (C=O) groups excluding carboxylic acids is 1. The Hall–Kier alpha value is -3.63. The van der Waals surface area contributed by atoms with E-state index in [1.54, 1.807) is 12.1 Å². The Morgan fingerprint density at radius 1 is 1.04 bits per heavy atom. The largest absolute Gasteiger partial charge is 0.486 e. The van der Waals surface area contributed by atoms with Gasteiger partial charge < -0.3 is 44.1 Å². The highest BCUT2D eigenvalue weighted by Crippen LogP contribution is 2.39. The number of fused-ring (bicyclic) bond motifs is 2. The summed E-state index contributed by atoms with van der Waals surface area (Å²) in [6.07, 6.45) is -1.26. The second-order valence-corrected chi connectivity index (χ2v) is 15.8. The zero-order valence-corrected chi connectivity index (χ0v) is 29.7. The number of aliphatic hydroxyl groups excluding tert-OH is 1. The molecule has 2 fully saturated rings. The number of nitrogens with zero attached hydrogens (tertiary/aromatic N) is 2. The number of sulfonamides is 1. The molecule has 2 amide bonds. The van der Waals surface area contributed by atoms with E-state index in [-0.39, 0.29) is 55.9 Å². The number of hydrogen-bond donors (Lipinski definition) is 3. The predicted octanol–water partition coefficient (Wildman–Crippen LogP) is 3.71. The van der Waals surface area contributed by atoms with Gasteiger partial charge in [0.1, 0.15) is 24.2 Å². The number of carboxylic acid groups (broad SMARTS) is 1. The van der Waals surface area contributed by atoms with E-state index in [0.29, 0.717) is 44.6 Å². The smallest absolute Gasteiger partial charge is 0.407 e. The molecule has 0 aromatic heterocycles. The molecule has 0 aliphatic carbocycles. The van der Waals surface area contributed by atoms with Crippen molar-refractivity contribution >= 4 is 22.2 Å². The molecule has 3 N–H and O–H groups in total. The lowest BCUT2D eigenvalue weighted by Crippen LogP contribution is -2.52. The van der Waals surface area contributed by atoms with Crippen LogP contribution in [0.15, 0.2) is 53.4 Å². The Kier molecular flexibility index (Phi) is 12.5. The summed E-state index contributed by atoms with van der Waals surface area (Å²) in [5.41, 5.74) is 0.249. The van der Waals surface area contributed by atoms with Crippen LogP contribution in [0, 0.1) is 11.3 Å². The molecule has 0 radical (unpaired) electrons. The Labute approximate surface area is 293 Å². The van der Waals surface area contributed by atoms with Gasteiger partial charge in [-0.2, -0.15) is 4.31 Å². The van der Waals surface area contributed by atoms with Crippen LogP contribution in [0.5, 0.6) is 11.5 Å². The molecule has 0 saturated carbocycles. The molecule has 15 heteroatoms. The number of aliphatic hydroxyl groups is 1. The normalized spacial score (nSPS) is 21.3. The van der Waals surface area contributed by atoms with Gasteiger partial charge in [0.25, 0.3) is 0 Å². The molecule has 276 valence electrons. The van der Waals surface area contributed by atoms with Crippen LogP contribution in [0.3, 0.4) is 0 Å². The fourth-order valence-corrected chi connectivity index (χ4v) is 8.39. The van der Waals surface area contributed by atoms with Crippen molar-refractivity contribution in [2.75, 3.05) is 53.1 Å². The zero-order chi connectivity index (χ0) is 35.9. The minimum Gasteiger partial charge on any atom is -0.486 e. The quantitative estimate of drug-likeness (QED) is 0.216. The molecule has 0 unspecified atom stereocenters. The lowest BCUT2D eigenvalue weighted by atomic mass is 9.87. The molecule has 3 aliphatic heterocycles. The van der Waals surface area contributed by atoms with E-state index in [1.807, 2.05) is 44.2 Å². The van der Waals surface area contributed by atoms with E-state index in [4.69, 9.17) is 23.7 Å². The van der Waals surface area contributed by atoms with Crippen molar-refractivity contribution < 1.29 is 51.9 Å². The maximum Gasteiger partial charge on any atom is 0.407 e. The van der Waals surface area contributed by atoms with Crippen LogP contribution < -0.4 is 14.8 Å². The molecule has 2 aromatic rings. The number of benzene rings is 2. The van der Waals surface area contributed by atoms with Crippen molar-refractivity contribution in [3.05, 3.63) is 54.1 Å². The van der Waals surface area contributed by atoms with E-state index in [9.17, 15) is 28.2 Å². The number of rotatable bonds is 16. The monoisotopic (exact) mass is 719 g/mol. The summed E-state index contributed by atoms with van der Waals surface area (Å²) >= 11 is 0. The molecule has 14 nitrogen and oxygen atoms in total. The van der Waals surface area contributed by atoms with Crippen molar-refractivity contribution in [2.45, 2.75) is 75.4 Å². The maximum atomic E-state index is 14.5. The standard InChI is InChI=1S/C35H49N3O11S/c1-35(2,15-7-8-16-37(3)34(41)42)23-38(50(43,44)30-13-9-12-28-31(30)46-19-18-45-28)21-27(39)26(20-24-10-5-4-6-11-24)36-33(40)49-29-22-48-32-25(29)14-17-47-32/h4-6,9-13,25-27,29,32,39H,7-8,14-23H2,1-3H3,(H,36,40)(H,41,42)/t25-,26-,27+,29-,32+/m0/s1. The first-order chi connectivity index (χ1) is 23.8. The van der Waals surface area contributed by atoms with Gasteiger partial charge >= 0.3 is 12.2 Å². The highest BCUT2D eigenvalue weighted by Gasteiger charge is 2.44. The summed E-state index contributed by atoms with van der Waals surface area (Å²) in [5.74, 6) is 0.355. The fraction of sp³-hybridized carbons (Fsp3) is 0.600. The van der Waals surface area contributed by atoms with E-state index < -0.39 is 52.2 Å². The highest BCUT2D eigenvalue weighted by atomic mass is 32.2. The molecule has 2 aromatic carbocycles. The average Bonchev–Trinajstić information content (AvgIpc) is 3.71. The van der Waals surface area contributed by atoms with Gasteiger partial charge in [0.2, 0.25) is 10.0 Å². The lowest BCUT2D eigenvalue weighted by molar-refractivity contribution is -0.0907. The van der Waals surface area contributed by atoms with Gasteiger partial charge in [-0.1, -0.05) is 56.7 Å². The molecule has 3 heterocycles. The average molecular weight is 720 g/mol. The first kappa shape index (κ1) is 37.6. The Morgan fingerprint density at radius 3 is 2.56 bits per heavy atom. The fourth-order valence-electron chi connectivity index (χ4n) is 6.60. The highest BCUT2D eigenvalue weighted by molar-refractivity contribution is 7.89. The van der Waals surface area contributed by atoms with Gasteiger partial charge in [0.15, 0.2) is 17.8 Å². The van der Waals surface area contributed by atoms with E-state index in [2.05, 4.69) is 5.32 Å². The second kappa shape index (κ2) is 16.6. The van der Waals surface area contributed by atoms with Crippen LogP contribution >= 0.6 is 0 Å². The lowest BCUT2D eigenvalue weighted by Gasteiger charge is -2.35. The SMILES string of the molecule is CN(CCCCC(C)(C)CN(C[C@@H](O)[C@H](Cc1ccccc1)NC(=O)O[C@H]1CO[C@H]2OCC[C@H]21)S(=O)(=O)c1cccc2c1OCCO2)C(=O)O. The van der Waals surface area contributed by atoms with Gasteiger partial charge in [-0.25, -0.2) is 18.0 Å². The summed E-state index contributed by atoms with van der Waals surface area (Å²) in [6, 6.07) is 13.1. The maximum absolute atomic E-state index is 14.5. The van der Waals surface area contributed by atoms with Crippen molar-refractivity contribution in [3.63, 3.8) is 0 Å². The van der Waals surface area contributed by atoms with Gasteiger partial charge in [-0.3, -0.25) is 0 Å². The minimum atomic E-state index is -4.28. The van der Waals surface area contributed by atoms with E-state index >= 15 is 0 Å². The van der Waals surface area contributed by atoms with Crippen LogP contribution in [-0.4, -0.2) is 118 Å². The third kappa shape index (κ3) is 9.57. The van der Waals surface area contributed by atoms with Crippen molar-refractivity contribution in [2.24, 2.45) is 11.3 Å². The number of para-hydroxylation sites is 1. The first-order valence-electron chi connectivity index (χ1n) is 17.1. The number of nitrogens with one attached hydrogen (secondary N) is 1. The number of alkyl carbamates (subject to hydrolysis) is 1. The van der Waals surface area contributed by atoms with Crippen molar-refractivity contribution in [3.8, 4) is 11.5 Å². The number of hydrogen-bond acceptors (Lipinski definition) is 10. The van der Waals surface area contributed by atoms with Gasteiger partial charge in [0, 0.05) is 26.7 Å².